The molecule has 0 unspecified atom stereocenters. The molecule has 2 aromatic carbocycles. The van der Waals surface area contributed by atoms with Crippen molar-refractivity contribution in [3.05, 3.63) is 47.0 Å². The average Bonchev–Trinajstić information content (AvgIpc) is 2.57. The van der Waals surface area contributed by atoms with Gasteiger partial charge in [0, 0.05) is 11.8 Å². The number of ether oxygens (including phenoxy) is 3. The molecule has 0 saturated carbocycles. The van der Waals surface area contributed by atoms with Crippen LogP contribution in [0, 0.1) is 20.8 Å². The van der Waals surface area contributed by atoms with E-state index >= 15 is 0 Å². The summed E-state index contributed by atoms with van der Waals surface area (Å²) >= 11 is 0. The van der Waals surface area contributed by atoms with Crippen LogP contribution in [0.4, 0.5) is 5.69 Å². The largest absolute Gasteiger partial charge is 0.486 e. The van der Waals surface area contributed by atoms with Crippen LogP contribution in [0.25, 0.3) is 0 Å². The van der Waals surface area contributed by atoms with E-state index < -0.39 is 0 Å². The highest BCUT2D eigenvalue weighted by Crippen LogP contribution is 2.32. The summed E-state index contributed by atoms with van der Waals surface area (Å²) in [4.78, 5) is 12.1. The summed E-state index contributed by atoms with van der Waals surface area (Å²) in [6, 6.07) is 9.35. The highest BCUT2D eigenvalue weighted by molar-refractivity contribution is 5.92. The van der Waals surface area contributed by atoms with Crippen LogP contribution in [0.5, 0.6) is 17.2 Å². The molecule has 0 aromatic heterocycles. The molecule has 1 N–H and O–H groups in total. The Morgan fingerprint density at radius 2 is 1.71 bits per heavy atom. The number of benzene rings is 2. The Labute approximate surface area is 141 Å². The number of anilines is 1. The number of carbonyl (C=O) groups is 1. The summed E-state index contributed by atoms with van der Waals surface area (Å²) in [5.41, 5.74) is 4.03. The lowest BCUT2D eigenvalue weighted by Crippen LogP contribution is -2.21. The maximum atomic E-state index is 12.1. The van der Waals surface area contributed by atoms with Crippen molar-refractivity contribution >= 4 is 11.6 Å². The number of amides is 1. The van der Waals surface area contributed by atoms with Gasteiger partial charge in [-0.15, -0.1) is 0 Å². The van der Waals surface area contributed by atoms with Gasteiger partial charge in [0.15, 0.2) is 18.1 Å². The van der Waals surface area contributed by atoms with Gasteiger partial charge in [0.05, 0.1) is 0 Å². The lowest BCUT2D eigenvalue weighted by Gasteiger charge is -2.19. The topological polar surface area (TPSA) is 56.8 Å². The van der Waals surface area contributed by atoms with Crippen molar-refractivity contribution in [2.24, 2.45) is 0 Å². The predicted molar refractivity (Wildman–Crippen MR) is 92.2 cm³/mol. The van der Waals surface area contributed by atoms with Crippen LogP contribution in [-0.4, -0.2) is 25.7 Å². The first-order valence-corrected chi connectivity index (χ1v) is 7.93. The SMILES string of the molecule is Cc1cc(C)c(OCC(=O)Nc2ccc3c(c2)OCCO3)cc1C. The van der Waals surface area contributed by atoms with Crippen LogP contribution < -0.4 is 19.5 Å². The van der Waals surface area contributed by atoms with Gasteiger partial charge in [-0.2, -0.15) is 0 Å². The van der Waals surface area contributed by atoms with E-state index in [0.29, 0.717) is 30.4 Å². The number of fused-ring (bicyclic) bond motifs is 1. The number of hydrogen-bond donors (Lipinski definition) is 1. The standard InChI is InChI=1S/C19H21NO4/c1-12-8-14(3)17(9-13(12)2)24-11-19(21)20-15-4-5-16-18(10-15)23-7-6-22-16/h4-5,8-10H,6-7,11H2,1-3H3,(H,20,21). The molecule has 126 valence electrons. The lowest BCUT2D eigenvalue weighted by molar-refractivity contribution is -0.118. The maximum Gasteiger partial charge on any atom is 0.262 e. The first kappa shape index (κ1) is 16.2. The molecule has 1 heterocycles. The van der Waals surface area contributed by atoms with Gasteiger partial charge in [-0.25, -0.2) is 0 Å². The van der Waals surface area contributed by atoms with Crippen LogP contribution in [0.3, 0.4) is 0 Å². The number of rotatable bonds is 4. The molecular weight excluding hydrogens is 306 g/mol. The van der Waals surface area contributed by atoms with Crippen molar-refractivity contribution in [2.75, 3.05) is 25.1 Å². The molecule has 5 nitrogen and oxygen atoms in total. The normalized spacial score (nSPS) is 12.6. The molecule has 5 heteroatoms. The van der Waals surface area contributed by atoms with Gasteiger partial charge in [-0.3, -0.25) is 4.79 Å². The summed E-state index contributed by atoms with van der Waals surface area (Å²) in [6.07, 6.45) is 0. The molecule has 2 aromatic rings. The quantitative estimate of drug-likeness (QED) is 0.935. The number of hydrogen-bond acceptors (Lipinski definition) is 4. The Morgan fingerprint density at radius 3 is 2.50 bits per heavy atom. The molecule has 0 radical (unpaired) electrons. The van der Waals surface area contributed by atoms with Gasteiger partial charge in [0.1, 0.15) is 19.0 Å². The Kier molecular flexibility index (Phi) is 4.60. The van der Waals surface area contributed by atoms with Crippen molar-refractivity contribution in [1.29, 1.82) is 0 Å². The molecule has 0 fully saturated rings. The Morgan fingerprint density at radius 1 is 1.00 bits per heavy atom. The molecule has 0 atom stereocenters. The van der Waals surface area contributed by atoms with E-state index in [1.165, 1.54) is 5.56 Å². The summed E-state index contributed by atoms with van der Waals surface area (Å²) in [5, 5.41) is 2.81. The smallest absolute Gasteiger partial charge is 0.262 e. The van der Waals surface area contributed by atoms with E-state index in [2.05, 4.69) is 18.3 Å². The third-order valence-corrected chi connectivity index (χ3v) is 3.98. The van der Waals surface area contributed by atoms with E-state index in [0.717, 1.165) is 16.9 Å². The number of carbonyl (C=O) groups excluding carboxylic acids is 1. The third-order valence-electron chi connectivity index (χ3n) is 3.98. The van der Waals surface area contributed by atoms with Crippen LogP contribution in [0.15, 0.2) is 30.3 Å². The average molecular weight is 327 g/mol. The second-order valence-corrected chi connectivity index (χ2v) is 5.90. The van der Waals surface area contributed by atoms with E-state index in [1.807, 2.05) is 19.9 Å². The maximum absolute atomic E-state index is 12.1. The summed E-state index contributed by atoms with van der Waals surface area (Å²) in [5.74, 6) is 1.85. The monoisotopic (exact) mass is 327 g/mol. The van der Waals surface area contributed by atoms with Gasteiger partial charge in [0.2, 0.25) is 0 Å². The zero-order valence-corrected chi connectivity index (χ0v) is 14.1. The summed E-state index contributed by atoms with van der Waals surface area (Å²) < 4.78 is 16.6. The minimum Gasteiger partial charge on any atom is -0.486 e. The fraction of sp³-hybridized carbons (Fsp3) is 0.316. The lowest BCUT2D eigenvalue weighted by atomic mass is 10.1. The van der Waals surface area contributed by atoms with Gasteiger partial charge in [-0.05, 0) is 55.7 Å². The molecule has 1 aliphatic rings. The molecule has 1 aliphatic heterocycles. The first-order valence-electron chi connectivity index (χ1n) is 7.93. The molecule has 3 rings (SSSR count). The highest BCUT2D eigenvalue weighted by Gasteiger charge is 2.13. The summed E-state index contributed by atoms with van der Waals surface area (Å²) in [6.45, 7) is 7.07. The molecular formula is C19H21NO4. The van der Waals surface area contributed by atoms with Crippen molar-refractivity contribution in [3.63, 3.8) is 0 Å². The first-order chi connectivity index (χ1) is 11.5. The molecule has 0 aliphatic carbocycles. The minimum absolute atomic E-state index is 0.0439. The number of aryl methyl sites for hydroxylation is 3. The number of nitrogens with one attached hydrogen (secondary N) is 1. The predicted octanol–water partition coefficient (Wildman–Crippen LogP) is 3.40. The second-order valence-electron chi connectivity index (χ2n) is 5.90. The van der Waals surface area contributed by atoms with Crippen molar-refractivity contribution in [2.45, 2.75) is 20.8 Å². The fourth-order valence-corrected chi connectivity index (χ4v) is 2.55. The van der Waals surface area contributed by atoms with Crippen LogP contribution >= 0.6 is 0 Å². The zero-order chi connectivity index (χ0) is 17.1. The van der Waals surface area contributed by atoms with Crippen LogP contribution in [0.2, 0.25) is 0 Å². The Hall–Kier alpha value is -2.69. The van der Waals surface area contributed by atoms with Crippen LogP contribution in [-0.2, 0) is 4.79 Å². The van der Waals surface area contributed by atoms with E-state index in [-0.39, 0.29) is 12.5 Å². The molecule has 0 bridgehead atoms. The van der Waals surface area contributed by atoms with Crippen molar-refractivity contribution in [1.82, 2.24) is 0 Å². The Bertz CT molecular complexity index is 770. The Balaban J connectivity index is 1.61. The van der Waals surface area contributed by atoms with E-state index in [9.17, 15) is 4.79 Å². The van der Waals surface area contributed by atoms with Gasteiger partial charge in [-0.1, -0.05) is 6.07 Å². The van der Waals surface area contributed by atoms with Gasteiger partial charge >= 0.3 is 0 Å². The molecule has 0 saturated heterocycles. The third kappa shape index (κ3) is 3.62. The zero-order valence-electron chi connectivity index (χ0n) is 14.1. The minimum atomic E-state index is -0.218. The van der Waals surface area contributed by atoms with Crippen molar-refractivity contribution in [3.8, 4) is 17.2 Å². The fourth-order valence-electron chi connectivity index (χ4n) is 2.55. The summed E-state index contributed by atoms with van der Waals surface area (Å²) in [7, 11) is 0. The molecule has 1 amide bonds. The molecule has 0 spiro atoms. The second kappa shape index (κ2) is 6.83. The molecule has 24 heavy (non-hydrogen) atoms. The van der Waals surface area contributed by atoms with E-state index in [4.69, 9.17) is 14.2 Å². The van der Waals surface area contributed by atoms with Gasteiger partial charge < -0.3 is 19.5 Å². The van der Waals surface area contributed by atoms with Crippen LogP contribution in [0.1, 0.15) is 16.7 Å². The van der Waals surface area contributed by atoms with Crippen molar-refractivity contribution < 1.29 is 19.0 Å². The van der Waals surface area contributed by atoms with Gasteiger partial charge in [0.25, 0.3) is 5.91 Å². The highest BCUT2D eigenvalue weighted by atomic mass is 16.6. The van der Waals surface area contributed by atoms with E-state index in [1.54, 1.807) is 18.2 Å².